The number of anilines is 2. The number of rotatable bonds is 5. The van der Waals surface area contributed by atoms with Gasteiger partial charge in [0, 0.05) is 31.1 Å². The molecule has 6 nitrogen and oxygen atoms in total. The van der Waals surface area contributed by atoms with Gasteiger partial charge in [-0.1, -0.05) is 6.92 Å². The summed E-state index contributed by atoms with van der Waals surface area (Å²) < 4.78 is 0. The van der Waals surface area contributed by atoms with Gasteiger partial charge in [-0.3, -0.25) is 0 Å². The van der Waals surface area contributed by atoms with E-state index in [2.05, 4.69) is 21.7 Å². The maximum atomic E-state index is 10.0. The quantitative estimate of drug-likeness (QED) is 0.837. The summed E-state index contributed by atoms with van der Waals surface area (Å²) in [5.74, 6) is 2.23. The SMILES string of the molecule is CCCc1nc(N)c(C)c(N2CC(O)CC2CN(C)C)n1. The molecule has 0 amide bonds. The van der Waals surface area contributed by atoms with Crippen LogP contribution in [0.15, 0.2) is 0 Å². The standard InChI is InChI=1S/C15H27N5O/c1-5-6-13-17-14(16)10(2)15(18-13)20-9-12(21)7-11(20)8-19(3)4/h11-12,21H,5-9H2,1-4H3,(H2,16,17,18). The van der Waals surface area contributed by atoms with Crippen molar-refractivity contribution in [3.8, 4) is 0 Å². The van der Waals surface area contributed by atoms with Crippen LogP contribution in [0.5, 0.6) is 0 Å². The first kappa shape index (κ1) is 16.0. The summed E-state index contributed by atoms with van der Waals surface area (Å²) in [4.78, 5) is 13.4. The van der Waals surface area contributed by atoms with E-state index >= 15 is 0 Å². The molecular formula is C15H27N5O. The number of nitrogens with two attached hydrogens (primary N) is 1. The minimum atomic E-state index is -0.305. The number of hydrogen-bond acceptors (Lipinski definition) is 6. The molecule has 0 radical (unpaired) electrons. The predicted octanol–water partition coefficient (Wildman–Crippen LogP) is 0.821. The first-order chi connectivity index (χ1) is 9.92. The Bertz CT molecular complexity index is 491. The van der Waals surface area contributed by atoms with E-state index in [4.69, 9.17) is 10.7 Å². The van der Waals surface area contributed by atoms with Gasteiger partial charge in [-0.25, -0.2) is 9.97 Å². The number of aliphatic hydroxyl groups excluding tert-OH is 1. The van der Waals surface area contributed by atoms with Gasteiger partial charge < -0.3 is 20.6 Å². The molecule has 2 unspecified atom stereocenters. The van der Waals surface area contributed by atoms with Gasteiger partial charge in [0.05, 0.1) is 6.10 Å². The van der Waals surface area contributed by atoms with Crippen LogP contribution >= 0.6 is 0 Å². The highest BCUT2D eigenvalue weighted by Gasteiger charge is 2.33. The molecular weight excluding hydrogens is 266 g/mol. The van der Waals surface area contributed by atoms with Gasteiger partial charge in [-0.2, -0.15) is 0 Å². The highest BCUT2D eigenvalue weighted by Crippen LogP contribution is 2.29. The van der Waals surface area contributed by atoms with Crippen LogP contribution in [0, 0.1) is 6.92 Å². The second kappa shape index (κ2) is 6.58. The fourth-order valence-corrected chi connectivity index (χ4v) is 2.93. The number of β-amino-alcohol motifs (C(OH)–C–C–N with tert-alkyl or cyclic N) is 1. The Kier molecular flexibility index (Phi) is 5.00. The summed E-state index contributed by atoms with van der Waals surface area (Å²) in [6, 6.07) is 0.262. The predicted molar refractivity (Wildman–Crippen MR) is 85.5 cm³/mol. The average Bonchev–Trinajstić information content (AvgIpc) is 2.74. The lowest BCUT2D eigenvalue weighted by Gasteiger charge is -2.29. The third-order valence-corrected chi connectivity index (χ3v) is 3.92. The van der Waals surface area contributed by atoms with Crippen LogP contribution < -0.4 is 10.6 Å². The Balaban J connectivity index is 2.34. The van der Waals surface area contributed by atoms with Gasteiger partial charge in [-0.05, 0) is 33.9 Å². The monoisotopic (exact) mass is 293 g/mol. The lowest BCUT2D eigenvalue weighted by atomic mass is 10.2. The summed E-state index contributed by atoms with van der Waals surface area (Å²) in [6.45, 7) is 5.57. The largest absolute Gasteiger partial charge is 0.391 e. The summed E-state index contributed by atoms with van der Waals surface area (Å²) >= 11 is 0. The Morgan fingerprint density at radius 1 is 1.38 bits per heavy atom. The molecule has 1 aliphatic rings. The van der Waals surface area contributed by atoms with Crippen molar-refractivity contribution in [2.45, 2.75) is 45.3 Å². The maximum absolute atomic E-state index is 10.0. The third-order valence-electron chi connectivity index (χ3n) is 3.92. The molecule has 2 heterocycles. The van der Waals surface area contributed by atoms with Crippen LogP contribution in [-0.4, -0.2) is 59.3 Å². The Morgan fingerprint density at radius 3 is 2.71 bits per heavy atom. The lowest BCUT2D eigenvalue weighted by Crippen LogP contribution is -2.38. The van der Waals surface area contributed by atoms with E-state index in [0.717, 1.165) is 43.0 Å². The first-order valence-electron chi connectivity index (χ1n) is 7.64. The van der Waals surface area contributed by atoms with Gasteiger partial charge in [0.25, 0.3) is 0 Å². The molecule has 3 N–H and O–H groups in total. The van der Waals surface area contributed by atoms with Gasteiger partial charge in [0.1, 0.15) is 17.5 Å². The lowest BCUT2D eigenvalue weighted by molar-refractivity contribution is 0.191. The minimum absolute atomic E-state index is 0.262. The van der Waals surface area contributed by atoms with E-state index in [9.17, 15) is 5.11 Å². The van der Waals surface area contributed by atoms with E-state index in [1.807, 2.05) is 21.0 Å². The third kappa shape index (κ3) is 3.63. The van der Waals surface area contributed by atoms with Crippen LogP contribution in [0.3, 0.4) is 0 Å². The van der Waals surface area contributed by atoms with Crippen LogP contribution in [0.4, 0.5) is 11.6 Å². The highest BCUT2D eigenvalue weighted by molar-refractivity contribution is 5.58. The first-order valence-corrected chi connectivity index (χ1v) is 7.64. The minimum Gasteiger partial charge on any atom is -0.391 e. The molecule has 118 valence electrons. The molecule has 0 spiro atoms. The number of nitrogens with zero attached hydrogens (tertiary/aromatic N) is 4. The summed E-state index contributed by atoms with van der Waals surface area (Å²) in [5.41, 5.74) is 6.96. The Hall–Kier alpha value is -1.40. The number of aliphatic hydroxyl groups is 1. The Labute approximate surface area is 127 Å². The molecule has 6 heteroatoms. The molecule has 1 aromatic rings. The average molecular weight is 293 g/mol. The molecule has 2 rings (SSSR count). The van der Waals surface area contributed by atoms with Gasteiger partial charge in [-0.15, -0.1) is 0 Å². The molecule has 21 heavy (non-hydrogen) atoms. The van der Waals surface area contributed by atoms with Gasteiger partial charge >= 0.3 is 0 Å². The van der Waals surface area contributed by atoms with Crippen LogP contribution in [0.2, 0.25) is 0 Å². The highest BCUT2D eigenvalue weighted by atomic mass is 16.3. The maximum Gasteiger partial charge on any atom is 0.137 e. The summed E-state index contributed by atoms with van der Waals surface area (Å²) in [7, 11) is 4.10. The van der Waals surface area contributed by atoms with Crippen molar-refractivity contribution in [1.29, 1.82) is 0 Å². The number of likely N-dealkylation sites (N-methyl/N-ethyl adjacent to an activating group) is 1. The molecule has 2 atom stereocenters. The number of nitrogen functional groups attached to an aromatic ring is 1. The fraction of sp³-hybridized carbons (Fsp3) is 0.733. The van der Waals surface area contributed by atoms with E-state index in [1.54, 1.807) is 0 Å². The zero-order valence-corrected chi connectivity index (χ0v) is 13.5. The zero-order chi connectivity index (χ0) is 15.6. The van der Waals surface area contributed by atoms with Gasteiger partial charge in [0.15, 0.2) is 0 Å². The molecule has 1 aliphatic heterocycles. The van der Waals surface area contributed by atoms with E-state index in [-0.39, 0.29) is 12.1 Å². The topological polar surface area (TPSA) is 78.5 Å². The van der Waals surface area contributed by atoms with E-state index < -0.39 is 0 Å². The second-order valence-corrected chi connectivity index (χ2v) is 6.18. The van der Waals surface area contributed by atoms with Crippen molar-refractivity contribution >= 4 is 11.6 Å². The summed E-state index contributed by atoms with van der Waals surface area (Å²) in [6.07, 6.45) is 2.28. The van der Waals surface area contributed by atoms with Crippen molar-refractivity contribution < 1.29 is 5.11 Å². The molecule has 1 saturated heterocycles. The van der Waals surface area contributed by atoms with Crippen molar-refractivity contribution in [3.63, 3.8) is 0 Å². The molecule has 1 fully saturated rings. The second-order valence-electron chi connectivity index (χ2n) is 6.18. The van der Waals surface area contributed by atoms with Crippen LogP contribution in [-0.2, 0) is 6.42 Å². The Morgan fingerprint density at radius 2 is 2.10 bits per heavy atom. The molecule has 0 aromatic carbocycles. The number of aryl methyl sites for hydroxylation is 1. The van der Waals surface area contributed by atoms with E-state index in [1.165, 1.54) is 0 Å². The van der Waals surface area contributed by atoms with Crippen LogP contribution in [0.1, 0.15) is 31.2 Å². The van der Waals surface area contributed by atoms with Crippen molar-refractivity contribution in [2.75, 3.05) is 37.8 Å². The van der Waals surface area contributed by atoms with Crippen molar-refractivity contribution in [1.82, 2.24) is 14.9 Å². The van der Waals surface area contributed by atoms with Crippen LogP contribution in [0.25, 0.3) is 0 Å². The van der Waals surface area contributed by atoms with Gasteiger partial charge in [0.2, 0.25) is 0 Å². The molecule has 0 saturated carbocycles. The van der Waals surface area contributed by atoms with E-state index in [0.29, 0.717) is 12.4 Å². The molecule has 0 aliphatic carbocycles. The van der Waals surface area contributed by atoms with Crippen molar-refractivity contribution in [3.05, 3.63) is 11.4 Å². The summed E-state index contributed by atoms with van der Waals surface area (Å²) in [5, 5.41) is 10.0. The molecule has 0 bridgehead atoms. The number of aromatic nitrogens is 2. The zero-order valence-electron chi connectivity index (χ0n) is 13.5. The molecule has 1 aromatic heterocycles. The fourth-order valence-electron chi connectivity index (χ4n) is 2.93. The number of hydrogen-bond donors (Lipinski definition) is 2. The smallest absolute Gasteiger partial charge is 0.137 e. The normalized spacial score (nSPS) is 22.3. The van der Waals surface area contributed by atoms with Crippen molar-refractivity contribution in [2.24, 2.45) is 0 Å².